The molecule has 0 aromatic carbocycles. The molecule has 1 aliphatic carbocycles. The molecule has 1 saturated carbocycles. The van der Waals surface area contributed by atoms with Gasteiger partial charge in [0.15, 0.2) is 5.82 Å². The van der Waals surface area contributed by atoms with Crippen molar-refractivity contribution in [2.24, 2.45) is 0 Å². The van der Waals surface area contributed by atoms with E-state index in [-0.39, 0.29) is 17.9 Å². The van der Waals surface area contributed by atoms with E-state index in [1.807, 2.05) is 4.90 Å². The summed E-state index contributed by atoms with van der Waals surface area (Å²) in [6, 6.07) is 1.67. The summed E-state index contributed by atoms with van der Waals surface area (Å²) in [5, 5.41) is 4.07. The molecule has 2 aromatic heterocycles. The maximum Gasteiger partial charge on any atom is 0.257 e. The predicted molar refractivity (Wildman–Crippen MR) is 99.6 cm³/mol. The van der Waals surface area contributed by atoms with Crippen LogP contribution in [0.25, 0.3) is 0 Å². The first-order valence-corrected chi connectivity index (χ1v) is 10.0. The van der Waals surface area contributed by atoms with Gasteiger partial charge in [-0.1, -0.05) is 11.6 Å². The lowest BCUT2D eigenvalue weighted by Gasteiger charge is -2.39. The molecule has 2 aromatic rings. The first kappa shape index (κ1) is 18.7. The first-order chi connectivity index (χ1) is 13.6. The topological polar surface area (TPSA) is 92.7 Å². The number of amides is 2. The molecule has 2 fully saturated rings. The minimum absolute atomic E-state index is 0.0000968. The van der Waals surface area contributed by atoms with Crippen molar-refractivity contribution in [3.63, 3.8) is 0 Å². The molecule has 150 valence electrons. The van der Waals surface area contributed by atoms with Gasteiger partial charge in [-0.25, -0.2) is 0 Å². The highest BCUT2D eigenvalue weighted by Gasteiger charge is 2.30. The summed E-state index contributed by atoms with van der Waals surface area (Å²) in [6.45, 7) is 3.33. The zero-order valence-corrected chi connectivity index (χ0v) is 16.2. The largest absolute Gasteiger partial charge is 0.472 e. The molecule has 1 unspecified atom stereocenters. The number of rotatable bonds is 6. The molecule has 1 atom stereocenters. The summed E-state index contributed by atoms with van der Waals surface area (Å²) in [5.74, 6) is 1.74. The second-order valence-electron chi connectivity index (χ2n) is 7.70. The van der Waals surface area contributed by atoms with Crippen molar-refractivity contribution in [1.29, 1.82) is 0 Å². The first-order valence-electron chi connectivity index (χ1n) is 10.0. The van der Waals surface area contributed by atoms with Crippen molar-refractivity contribution >= 4 is 11.8 Å². The van der Waals surface area contributed by atoms with Gasteiger partial charge in [0, 0.05) is 44.9 Å². The molecule has 1 saturated heterocycles. The zero-order valence-electron chi connectivity index (χ0n) is 16.2. The minimum Gasteiger partial charge on any atom is -0.472 e. The zero-order chi connectivity index (χ0) is 19.5. The predicted octanol–water partition coefficient (Wildman–Crippen LogP) is 2.63. The van der Waals surface area contributed by atoms with Gasteiger partial charge in [-0.15, -0.1) is 0 Å². The van der Waals surface area contributed by atoms with Crippen LogP contribution in [-0.2, 0) is 11.2 Å². The van der Waals surface area contributed by atoms with Crippen LogP contribution in [-0.4, -0.2) is 57.4 Å². The number of aromatic nitrogens is 2. The highest BCUT2D eigenvalue weighted by atomic mass is 16.5. The molecule has 0 radical (unpaired) electrons. The molecule has 2 amide bonds. The SMILES string of the molecule is CC(=O)N(CCc1noc(C2CCC2)n1)C1CCCN(C(=O)c2ccoc2)C1. The van der Waals surface area contributed by atoms with E-state index in [1.165, 1.54) is 18.9 Å². The standard InChI is InChI=1S/C20H26N4O4/c1-14(25)24(10-7-18-21-19(28-22-18)15-4-2-5-15)17-6-3-9-23(12-17)20(26)16-8-11-27-13-16/h8,11,13,15,17H,2-7,9-10,12H2,1H3. The Bertz CT molecular complexity index is 812. The van der Waals surface area contributed by atoms with E-state index in [0.717, 1.165) is 31.6 Å². The van der Waals surface area contributed by atoms with Crippen molar-refractivity contribution in [2.75, 3.05) is 19.6 Å². The third-order valence-electron chi connectivity index (χ3n) is 5.81. The van der Waals surface area contributed by atoms with Crippen molar-refractivity contribution in [3.8, 4) is 0 Å². The van der Waals surface area contributed by atoms with Crippen LogP contribution >= 0.6 is 0 Å². The fourth-order valence-corrected chi connectivity index (χ4v) is 3.97. The van der Waals surface area contributed by atoms with E-state index < -0.39 is 0 Å². The Morgan fingerprint density at radius 1 is 1.29 bits per heavy atom. The maximum atomic E-state index is 12.6. The van der Waals surface area contributed by atoms with Crippen LogP contribution in [0.4, 0.5) is 0 Å². The Labute approximate surface area is 163 Å². The van der Waals surface area contributed by atoms with Gasteiger partial charge >= 0.3 is 0 Å². The van der Waals surface area contributed by atoms with Gasteiger partial charge in [-0.2, -0.15) is 4.98 Å². The molecule has 8 heteroatoms. The van der Waals surface area contributed by atoms with E-state index >= 15 is 0 Å². The smallest absolute Gasteiger partial charge is 0.257 e. The second kappa shape index (κ2) is 8.16. The van der Waals surface area contributed by atoms with Crippen molar-refractivity contribution in [2.45, 2.75) is 57.4 Å². The summed E-state index contributed by atoms with van der Waals surface area (Å²) in [6.07, 6.45) is 8.72. The van der Waals surface area contributed by atoms with Gasteiger partial charge in [0.25, 0.3) is 5.91 Å². The summed E-state index contributed by atoms with van der Waals surface area (Å²) in [4.78, 5) is 33.0. The third kappa shape index (κ3) is 3.95. The van der Waals surface area contributed by atoms with E-state index in [0.29, 0.717) is 43.4 Å². The number of piperidine rings is 1. The van der Waals surface area contributed by atoms with Crippen LogP contribution in [0.2, 0.25) is 0 Å². The average molecular weight is 386 g/mol. The van der Waals surface area contributed by atoms with E-state index in [2.05, 4.69) is 10.1 Å². The lowest BCUT2D eigenvalue weighted by molar-refractivity contribution is -0.132. The van der Waals surface area contributed by atoms with Crippen LogP contribution in [0.5, 0.6) is 0 Å². The molecule has 4 rings (SSSR count). The van der Waals surface area contributed by atoms with Crippen LogP contribution in [0.1, 0.15) is 67.0 Å². The molecule has 2 aliphatic rings. The van der Waals surface area contributed by atoms with Crippen LogP contribution in [0, 0.1) is 0 Å². The number of nitrogens with zero attached hydrogens (tertiary/aromatic N) is 4. The average Bonchev–Trinajstić information content (AvgIpc) is 3.32. The summed E-state index contributed by atoms with van der Waals surface area (Å²) in [7, 11) is 0. The molecule has 0 spiro atoms. The molecule has 8 nitrogen and oxygen atoms in total. The van der Waals surface area contributed by atoms with Crippen molar-refractivity contribution < 1.29 is 18.5 Å². The number of furan rings is 1. The summed E-state index contributed by atoms with van der Waals surface area (Å²) >= 11 is 0. The van der Waals surface area contributed by atoms with Crippen LogP contribution < -0.4 is 0 Å². The Balaban J connectivity index is 1.37. The quantitative estimate of drug-likeness (QED) is 0.758. The Hall–Kier alpha value is -2.64. The van der Waals surface area contributed by atoms with Gasteiger partial charge in [0.1, 0.15) is 6.26 Å². The van der Waals surface area contributed by atoms with Gasteiger partial charge < -0.3 is 18.7 Å². The molecular weight excluding hydrogens is 360 g/mol. The molecular formula is C20H26N4O4. The highest BCUT2D eigenvalue weighted by Crippen LogP contribution is 2.35. The van der Waals surface area contributed by atoms with Crippen molar-refractivity contribution in [1.82, 2.24) is 19.9 Å². The highest BCUT2D eigenvalue weighted by molar-refractivity contribution is 5.94. The molecule has 1 aliphatic heterocycles. The van der Waals surface area contributed by atoms with E-state index in [1.54, 1.807) is 17.9 Å². The number of carbonyl (C=O) groups is 2. The fraction of sp³-hybridized carbons (Fsp3) is 0.600. The minimum atomic E-state index is -0.0507. The third-order valence-corrected chi connectivity index (χ3v) is 5.81. The molecule has 0 N–H and O–H groups in total. The van der Waals surface area contributed by atoms with Crippen LogP contribution in [0.3, 0.4) is 0 Å². The lowest BCUT2D eigenvalue weighted by Crippen LogP contribution is -2.51. The number of carbonyl (C=O) groups excluding carboxylic acids is 2. The molecule has 3 heterocycles. The summed E-state index contributed by atoms with van der Waals surface area (Å²) < 4.78 is 10.4. The van der Waals surface area contributed by atoms with Gasteiger partial charge in [-0.3, -0.25) is 9.59 Å². The molecule has 0 bridgehead atoms. The Morgan fingerprint density at radius 3 is 2.82 bits per heavy atom. The van der Waals surface area contributed by atoms with E-state index in [4.69, 9.17) is 8.94 Å². The van der Waals surface area contributed by atoms with Gasteiger partial charge in [-0.05, 0) is 31.7 Å². The Kier molecular flexibility index (Phi) is 5.45. The second-order valence-corrected chi connectivity index (χ2v) is 7.70. The number of hydrogen-bond donors (Lipinski definition) is 0. The lowest BCUT2D eigenvalue weighted by atomic mass is 9.85. The fourth-order valence-electron chi connectivity index (χ4n) is 3.97. The van der Waals surface area contributed by atoms with E-state index in [9.17, 15) is 9.59 Å². The Morgan fingerprint density at radius 2 is 2.14 bits per heavy atom. The van der Waals surface area contributed by atoms with Crippen LogP contribution in [0.15, 0.2) is 27.5 Å². The normalized spacial score (nSPS) is 20.0. The number of likely N-dealkylation sites (tertiary alicyclic amines) is 1. The number of hydrogen-bond acceptors (Lipinski definition) is 6. The van der Waals surface area contributed by atoms with Gasteiger partial charge in [0.05, 0.1) is 11.8 Å². The van der Waals surface area contributed by atoms with Gasteiger partial charge in [0.2, 0.25) is 11.8 Å². The van der Waals surface area contributed by atoms with Crippen molar-refractivity contribution in [3.05, 3.63) is 35.9 Å². The maximum absolute atomic E-state index is 12.6. The molecule has 28 heavy (non-hydrogen) atoms. The summed E-state index contributed by atoms with van der Waals surface area (Å²) in [5.41, 5.74) is 0.547. The monoisotopic (exact) mass is 386 g/mol.